The molecule has 8 nitrogen and oxygen atoms in total. The fourth-order valence-electron chi connectivity index (χ4n) is 6.81. The zero-order valence-electron chi connectivity index (χ0n) is 33.4. The topological polar surface area (TPSA) is 98.5 Å². The highest BCUT2D eigenvalue weighted by molar-refractivity contribution is 5.76. The number of ether oxygens (including phenoxy) is 2. The third-order valence-corrected chi connectivity index (χ3v) is 10.4. The quantitative estimate of drug-likeness (QED) is 0.0338. The lowest BCUT2D eigenvalue weighted by atomic mass is 10.1. The van der Waals surface area contributed by atoms with E-state index in [9.17, 15) is 9.59 Å². The van der Waals surface area contributed by atoms with Crippen molar-refractivity contribution < 1.29 is 19.1 Å². The Bertz CT molecular complexity index is 844. The molecule has 2 aliphatic rings. The molecule has 2 amide bonds. The summed E-state index contributed by atoms with van der Waals surface area (Å²) in [6, 6.07) is 0. The number of carbonyl (C=O) groups is 2. The first-order valence-electron chi connectivity index (χ1n) is 21.6. The fourth-order valence-corrected chi connectivity index (χ4v) is 6.81. The van der Waals surface area contributed by atoms with Gasteiger partial charge in [-0.25, -0.2) is 0 Å². The van der Waals surface area contributed by atoms with Crippen LogP contribution < -0.4 is 16.0 Å². The first-order chi connectivity index (χ1) is 25.1. The third-order valence-electron chi connectivity index (χ3n) is 10.4. The van der Waals surface area contributed by atoms with Gasteiger partial charge in [-0.05, 0) is 71.3 Å². The summed E-state index contributed by atoms with van der Waals surface area (Å²) in [6.07, 6.45) is 38.7. The Labute approximate surface area is 314 Å². The second-order valence-corrected chi connectivity index (χ2v) is 15.1. The summed E-state index contributed by atoms with van der Waals surface area (Å²) >= 11 is 0. The van der Waals surface area contributed by atoms with Crippen molar-refractivity contribution in [2.45, 2.75) is 192 Å². The summed E-state index contributed by atoms with van der Waals surface area (Å²) < 4.78 is 11.5. The molecular weight excluding hydrogens is 636 g/mol. The summed E-state index contributed by atoms with van der Waals surface area (Å²) in [4.78, 5) is 27.1. The number of nitrogens with one attached hydrogen (secondary N) is 3. The molecule has 2 heterocycles. The van der Waals surface area contributed by atoms with Crippen molar-refractivity contribution in [3.8, 4) is 0 Å². The predicted molar refractivity (Wildman–Crippen MR) is 214 cm³/mol. The molecule has 0 saturated carbocycles. The Kier molecular flexibility index (Phi) is 28.3. The maximum Gasteiger partial charge on any atom is 0.220 e. The molecule has 0 spiro atoms. The Balaban J connectivity index is 1.36. The average Bonchev–Trinajstić information content (AvgIpc) is 4.06. The molecule has 0 aliphatic carbocycles. The van der Waals surface area contributed by atoms with Gasteiger partial charge in [-0.3, -0.25) is 14.5 Å². The first kappa shape index (κ1) is 45.4. The van der Waals surface area contributed by atoms with Gasteiger partial charge >= 0.3 is 0 Å². The molecule has 0 aromatic heterocycles. The van der Waals surface area contributed by atoms with Gasteiger partial charge in [0.25, 0.3) is 0 Å². The maximum absolute atomic E-state index is 12.4. The van der Waals surface area contributed by atoms with Gasteiger partial charge in [-0.1, -0.05) is 115 Å². The number of epoxide rings is 2. The molecule has 4 unspecified atom stereocenters. The number of likely N-dealkylation sites (N-methyl/N-ethyl adjacent to an activating group) is 1. The van der Waals surface area contributed by atoms with Crippen LogP contribution in [0.15, 0.2) is 24.3 Å². The molecule has 0 aromatic rings. The normalized spacial score (nSPS) is 19.8. The van der Waals surface area contributed by atoms with Crippen LogP contribution in [0.2, 0.25) is 0 Å². The molecular formula is C43H80N4O4. The summed E-state index contributed by atoms with van der Waals surface area (Å²) in [6.45, 7) is 9.18. The van der Waals surface area contributed by atoms with Crippen molar-refractivity contribution in [2.75, 3.05) is 46.3 Å². The molecule has 4 atom stereocenters. The number of amides is 2. The molecule has 0 radical (unpaired) electrons. The van der Waals surface area contributed by atoms with Crippen LogP contribution in [-0.4, -0.2) is 87.4 Å². The lowest BCUT2D eigenvalue weighted by Gasteiger charge is -2.22. The zero-order chi connectivity index (χ0) is 36.6. The second-order valence-electron chi connectivity index (χ2n) is 15.1. The van der Waals surface area contributed by atoms with Crippen LogP contribution >= 0.6 is 0 Å². The van der Waals surface area contributed by atoms with Gasteiger partial charge < -0.3 is 25.4 Å². The monoisotopic (exact) mass is 717 g/mol. The molecule has 8 heteroatoms. The van der Waals surface area contributed by atoms with E-state index in [1.54, 1.807) is 0 Å². The molecule has 3 N–H and O–H groups in total. The number of unbranched alkanes of at least 4 members (excludes halogenated alkanes) is 14. The number of allylic oxidation sites excluding steroid dienone is 2. The van der Waals surface area contributed by atoms with Gasteiger partial charge in [-0.15, -0.1) is 0 Å². The van der Waals surface area contributed by atoms with Crippen molar-refractivity contribution in [3.05, 3.63) is 24.3 Å². The summed E-state index contributed by atoms with van der Waals surface area (Å²) in [7, 11) is 1.96. The molecule has 51 heavy (non-hydrogen) atoms. The van der Waals surface area contributed by atoms with Gasteiger partial charge in [-0.2, -0.15) is 0 Å². The van der Waals surface area contributed by atoms with Crippen LogP contribution in [0.4, 0.5) is 0 Å². The molecule has 0 aromatic carbocycles. The summed E-state index contributed by atoms with van der Waals surface area (Å²) in [5.74, 6) is 0.308. The summed E-state index contributed by atoms with van der Waals surface area (Å²) in [5, 5.41) is 9.42. The number of carbonyl (C=O) groups excluding carboxylic acids is 2. The summed E-state index contributed by atoms with van der Waals surface area (Å²) in [5.41, 5.74) is 0. The molecule has 2 fully saturated rings. The number of hydrogen-bond acceptors (Lipinski definition) is 6. The minimum absolute atomic E-state index is 0.154. The molecule has 2 saturated heterocycles. The van der Waals surface area contributed by atoms with E-state index in [4.69, 9.17) is 9.47 Å². The van der Waals surface area contributed by atoms with E-state index in [1.165, 1.54) is 89.9 Å². The van der Waals surface area contributed by atoms with Gasteiger partial charge in [0.1, 0.15) is 0 Å². The lowest BCUT2D eigenvalue weighted by molar-refractivity contribution is -0.121. The second kappa shape index (κ2) is 31.8. The van der Waals surface area contributed by atoms with Crippen LogP contribution in [0.1, 0.15) is 168 Å². The largest absolute Gasteiger partial charge is 0.369 e. The molecule has 296 valence electrons. The predicted octanol–water partition coefficient (Wildman–Crippen LogP) is 8.79. The molecule has 2 rings (SSSR count). The van der Waals surface area contributed by atoms with Crippen molar-refractivity contribution in [2.24, 2.45) is 0 Å². The van der Waals surface area contributed by atoms with Crippen molar-refractivity contribution in [1.29, 1.82) is 0 Å². The fraction of sp³-hybridized carbons (Fsp3) is 0.860. The van der Waals surface area contributed by atoms with Crippen LogP contribution in [0.5, 0.6) is 0 Å². The van der Waals surface area contributed by atoms with Crippen molar-refractivity contribution >= 4 is 11.8 Å². The number of nitrogens with zero attached hydrogens (tertiary/aromatic N) is 1. The van der Waals surface area contributed by atoms with Crippen LogP contribution in [0, 0.1) is 0 Å². The SMILES string of the molecule is CCCCCC1OC1CC=CCCCCCCCC(=O)NCCN(CCNC)CCNC(=O)CCCCCCCC=CCC1OC1CCCCC. The smallest absolute Gasteiger partial charge is 0.220 e. The van der Waals surface area contributed by atoms with Crippen molar-refractivity contribution in [3.63, 3.8) is 0 Å². The van der Waals surface area contributed by atoms with E-state index in [0.717, 1.165) is 77.5 Å². The van der Waals surface area contributed by atoms with Crippen LogP contribution in [-0.2, 0) is 19.1 Å². The number of rotatable bonds is 37. The highest BCUT2D eigenvalue weighted by atomic mass is 16.6. The molecule has 0 bridgehead atoms. The first-order valence-corrected chi connectivity index (χ1v) is 21.6. The minimum atomic E-state index is 0.154. The zero-order valence-corrected chi connectivity index (χ0v) is 33.4. The van der Waals surface area contributed by atoms with E-state index in [0.29, 0.717) is 50.3 Å². The van der Waals surface area contributed by atoms with Crippen LogP contribution in [0.25, 0.3) is 0 Å². The van der Waals surface area contributed by atoms with Crippen LogP contribution in [0.3, 0.4) is 0 Å². The highest BCUT2D eigenvalue weighted by Crippen LogP contribution is 2.31. The average molecular weight is 717 g/mol. The lowest BCUT2D eigenvalue weighted by Crippen LogP contribution is -2.42. The van der Waals surface area contributed by atoms with Crippen molar-refractivity contribution in [1.82, 2.24) is 20.9 Å². The van der Waals surface area contributed by atoms with Gasteiger partial charge in [0.05, 0.1) is 24.4 Å². The third kappa shape index (κ3) is 26.6. The standard InChI is InChI=1S/C43H80N4O4/c1-4-6-20-26-38-40(50-38)28-22-16-12-8-10-14-18-24-30-42(48)45-33-36-47(35-32-44-3)37-34-46-43(49)31-25-19-15-11-9-13-17-23-29-41-39(51-41)27-21-7-5-2/h16-17,22-23,38-41,44H,4-15,18-21,24-37H2,1-3H3,(H,45,48)(H,46,49). The molecule has 2 aliphatic heterocycles. The number of hydrogen-bond donors (Lipinski definition) is 3. The van der Waals surface area contributed by atoms with Gasteiger partial charge in [0, 0.05) is 52.1 Å². The minimum Gasteiger partial charge on any atom is -0.369 e. The van der Waals surface area contributed by atoms with E-state index in [2.05, 4.69) is 59.0 Å². The Morgan fingerprint density at radius 1 is 0.529 bits per heavy atom. The van der Waals surface area contributed by atoms with Gasteiger partial charge in [0.15, 0.2) is 0 Å². The van der Waals surface area contributed by atoms with E-state index in [1.807, 2.05) is 7.05 Å². The maximum atomic E-state index is 12.4. The highest BCUT2D eigenvalue weighted by Gasteiger charge is 2.37. The Hall–Kier alpha value is -1.74. The van der Waals surface area contributed by atoms with Gasteiger partial charge in [0.2, 0.25) is 11.8 Å². The van der Waals surface area contributed by atoms with E-state index in [-0.39, 0.29) is 11.8 Å². The van der Waals surface area contributed by atoms with E-state index < -0.39 is 0 Å². The van der Waals surface area contributed by atoms with E-state index >= 15 is 0 Å². The Morgan fingerprint density at radius 3 is 1.41 bits per heavy atom. The Morgan fingerprint density at radius 2 is 0.961 bits per heavy atom.